The number of sulfonamides is 1. The van der Waals surface area contributed by atoms with E-state index in [2.05, 4.69) is 0 Å². The van der Waals surface area contributed by atoms with E-state index < -0.39 is 16.1 Å². The van der Waals surface area contributed by atoms with Gasteiger partial charge in [0.2, 0.25) is 10.0 Å². The molecule has 0 spiro atoms. The zero-order chi connectivity index (χ0) is 14.0. The van der Waals surface area contributed by atoms with Gasteiger partial charge in [0.1, 0.15) is 18.5 Å². The Labute approximate surface area is 123 Å². The van der Waals surface area contributed by atoms with Crippen molar-refractivity contribution in [1.82, 2.24) is 4.31 Å². The van der Waals surface area contributed by atoms with Gasteiger partial charge in [0.25, 0.3) is 0 Å². The number of hydrogen-bond acceptors (Lipinski definition) is 5. The number of fused-ring (bicyclic) bond motifs is 1. The third-order valence-electron chi connectivity index (χ3n) is 3.29. The monoisotopic (exact) mass is 315 g/mol. The summed E-state index contributed by atoms with van der Waals surface area (Å²) < 4.78 is 37.5. The normalized spacial score (nSPS) is 23.5. The molecule has 5 nitrogen and oxygen atoms in total. The number of benzene rings is 1. The minimum atomic E-state index is -3.28. The van der Waals surface area contributed by atoms with Gasteiger partial charge in [-0.25, -0.2) is 8.42 Å². The van der Waals surface area contributed by atoms with Crippen LogP contribution >= 0.6 is 11.8 Å². The number of rotatable bonds is 3. The van der Waals surface area contributed by atoms with Crippen molar-refractivity contribution in [2.75, 3.05) is 30.5 Å². The predicted octanol–water partition coefficient (Wildman–Crippen LogP) is 1.55. The first-order chi connectivity index (χ1) is 9.65. The molecule has 20 heavy (non-hydrogen) atoms. The Bertz CT molecular complexity index is 569. The topological polar surface area (TPSA) is 55.8 Å². The number of para-hydroxylation sites is 2. The molecule has 0 aromatic heterocycles. The maximum absolute atomic E-state index is 12.3. The van der Waals surface area contributed by atoms with Crippen LogP contribution in [0, 0.1) is 0 Å². The highest BCUT2D eigenvalue weighted by molar-refractivity contribution is 8.00. The Morgan fingerprint density at radius 1 is 1.30 bits per heavy atom. The van der Waals surface area contributed by atoms with Crippen LogP contribution in [-0.2, 0) is 10.0 Å². The second kappa shape index (κ2) is 5.83. The maximum Gasteiger partial charge on any atom is 0.218 e. The molecule has 1 aromatic rings. The first-order valence-electron chi connectivity index (χ1n) is 6.59. The van der Waals surface area contributed by atoms with Crippen LogP contribution in [0.3, 0.4) is 0 Å². The largest absolute Gasteiger partial charge is 0.486 e. The molecule has 2 heterocycles. The van der Waals surface area contributed by atoms with E-state index in [9.17, 15) is 8.42 Å². The molecule has 2 aliphatic rings. The van der Waals surface area contributed by atoms with Crippen LogP contribution in [0.4, 0.5) is 0 Å². The van der Waals surface area contributed by atoms with Crippen LogP contribution in [0.2, 0.25) is 0 Å². The van der Waals surface area contributed by atoms with Crippen molar-refractivity contribution >= 4 is 21.8 Å². The third kappa shape index (κ3) is 3.05. The lowest BCUT2D eigenvalue weighted by Gasteiger charge is -2.30. The van der Waals surface area contributed by atoms with Gasteiger partial charge in [-0.1, -0.05) is 12.1 Å². The standard InChI is InChI=1S/C13H17NO4S2/c15-20(16,14-6-3-7-19-10-14)9-11-8-17-12-4-1-2-5-13(12)18-11/h1-2,4-5,11H,3,6-10H2. The van der Waals surface area contributed by atoms with Crippen LogP contribution in [-0.4, -0.2) is 49.4 Å². The number of hydrogen-bond donors (Lipinski definition) is 0. The Hall–Kier alpha value is -0.920. The Morgan fingerprint density at radius 3 is 2.85 bits per heavy atom. The van der Waals surface area contributed by atoms with E-state index in [1.54, 1.807) is 22.1 Å². The molecular weight excluding hydrogens is 298 g/mol. The van der Waals surface area contributed by atoms with Crippen molar-refractivity contribution < 1.29 is 17.9 Å². The second-order valence-electron chi connectivity index (χ2n) is 4.84. The summed E-state index contributed by atoms with van der Waals surface area (Å²) in [5, 5.41) is 0. The van der Waals surface area contributed by atoms with Gasteiger partial charge in [-0.2, -0.15) is 4.31 Å². The van der Waals surface area contributed by atoms with Gasteiger partial charge in [-0.15, -0.1) is 11.8 Å². The van der Waals surface area contributed by atoms with Crippen molar-refractivity contribution in [2.45, 2.75) is 12.5 Å². The number of thioether (sulfide) groups is 1. The van der Waals surface area contributed by atoms with Crippen LogP contribution in [0.1, 0.15) is 6.42 Å². The molecule has 1 fully saturated rings. The third-order valence-corrected chi connectivity index (χ3v) is 6.42. The number of ether oxygens (including phenoxy) is 2. The lowest BCUT2D eigenvalue weighted by atomic mass is 10.3. The molecule has 3 rings (SSSR count). The van der Waals surface area contributed by atoms with Gasteiger partial charge < -0.3 is 9.47 Å². The molecular formula is C13H17NO4S2. The summed E-state index contributed by atoms with van der Waals surface area (Å²) in [4.78, 5) is 0. The van der Waals surface area contributed by atoms with Crippen LogP contribution in [0.5, 0.6) is 11.5 Å². The van der Waals surface area contributed by atoms with Gasteiger partial charge >= 0.3 is 0 Å². The fourth-order valence-corrected chi connectivity index (χ4v) is 5.19. The van der Waals surface area contributed by atoms with E-state index in [0.717, 1.165) is 12.2 Å². The Morgan fingerprint density at radius 2 is 2.10 bits per heavy atom. The summed E-state index contributed by atoms with van der Waals surface area (Å²) >= 11 is 1.66. The number of nitrogens with zero attached hydrogens (tertiary/aromatic N) is 1. The highest BCUT2D eigenvalue weighted by Gasteiger charge is 2.31. The van der Waals surface area contributed by atoms with Gasteiger partial charge in [-0.05, 0) is 24.3 Å². The van der Waals surface area contributed by atoms with Crippen LogP contribution < -0.4 is 9.47 Å². The summed E-state index contributed by atoms with van der Waals surface area (Å²) in [5.41, 5.74) is 0. The summed E-state index contributed by atoms with van der Waals surface area (Å²) in [6, 6.07) is 7.33. The molecule has 2 aliphatic heterocycles. The van der Waals surface area contributed by atoms with Gasteiger partial charge in [0, 0.05) is 6.54 Å². The van der Waals surface area contributed by atoms with E-state index in [-0.39, 0.29) is 12.4 Å². The second-order valence-corrected chi connectivity index (χ2v) is 7.93. The Balaban J connectivity index is 1.66. The lowest BCUT2D eigenvalue weighted by Crippen LogP contribution is -2.43. The minimum Gasteiger partial charge on any atom is -0.486 e. The predicted molar refractivity (Wildman–Crippen MR) is 78.8 cm³/mol. The average Bonchev–Trinajstić information content (AvgIpc) is 2.48. The summed E-state index contributed by atoms with van der Waals surface area (Å²) in [5.74, 6) is 2.85. The summed E-state index contributed by atoms with van der Waals surface area (Å²) in [7, 11) is -3.28. The summed E-state index contributed by atoms with van der Waals surface area (Å²) in [6.07, 6.45) is 0.469. The highest BCUT2D eigenvalue weighted by Crippen LogP contribution is 2.31. The molecule has 1 saturated heterocycles. The van der Waals surface area contributed by atoms with E-state index >= 15 is 0 Å². The molecule has 0 amide bonds. The van der Waals surface area contributed by atoms with Crippen LogP contribution in [0.25, 0.3) is 0 Å². The fraction of sp³-hybridized carbons (Fsp3) is 0.538. The molecule has 0 bridgehead atoms. The van der Waals surface area contributed by atoms with Crippen molar-refractivity contribution in [1.29, 1.82) is 0 Å². The smallest absolute Gasteiger partial charge is 0.218 e. The molecule has 1 atom stereocenters. The van der Waals surface area contributed by atoms with Gasteiger partial charge in [0.05, 0.1) is 5.88 Å². The first-order valence-corrected chi connectivity index (χ1v) is 9.35. The quantitative estimate of drug-likeness (QED) is 0.847. The molecule has 0 aliphatic carbocycles. The fourth-order valence-electron chi connectivity index (χ4n) is 2.28. The van der Waals surface area contributed by atoms with Gasteiger partial charge in [-0.3, -0.25) is 0 Å². The molecule has 1 unspecified atom stereocenters. The maximum atomic E-state index is 12.3. The van der Waals surface area contributed by atoms with Crippen molar-refractivity contribution in [3.8, 4) is 11.5 Å². The van der Waals surface area contributed by atoms with E-state index in [1.807, 2.05) is 18.2 Å². The van der Waals surface area contributed by atoms with E-state index in [1.165, 1.54) is 0 Å². The van der Waals surface area contributed by atoms with Crippen LogP contribution in [0.15, 0.2) is 24.3 Å². The zero-order valence-corrected chi connectivity index (χ0v) is 12.7. The molecule has 0 radical (unpaired) electrons. The minimum absolute atomic E-state index is 0.0259. The highest BCUT2D eigenvalue weighted by atomic mass is 32.2. The van der Waals surface area contributed by atoms with Crippen molar-refractivity contribution in [2.24, 2.45) is 0 Å². The molecule has 110 valence electrons. The lowest BCUT2D eigenvalue weighted by molar-refractivity contribution is 0.105. The average molecular weight is 315 g/mol. The molecule has 0 saturated carbocycles. The Kier molecular flexibility index (Phi) is 4.09. The molecule has 1 aromatic carbocycles. The zero-order valence-electron chi connectivity index (χ0n) is 11.0. The van der Waals surface area contributed by atoms with E-state index in [0.29, 0.717) is 23.9 Å². The first kappa shape index (κ1) is 14.0. The van der Waals surface area contributed by atoms with E-state index in [4.69, 9.17) is 9.47 Å². The molecule has 7 heteroatoms. The van der Waals surface area contributed by atoms with Gasteiger partial charge in [0.15, 0.2) is 11.5 Å². The molecule has 0 N–H and O–H groups in total. The van der Waals surface area contributed by atoms with Crippen molar-refractivity contribution in [3.63, 3.8) is 0 Å². The van der Waals surface area contributed by atoms with Crippen molar-refractivity contribution in [3.05, 3.63) is 24.3 Å². The SMILES string of the molecule is O=S(=O)(CC1COc2ccccc2O1)N1CCCSC1. The summed E-state index contributed by atoms with van der Waals surface area (Å²) in [6.45, 7) is 0.886.